The Morgan fingerprint density at radius 1 is 1.31 bits per heavy atom. The van der Waals surface area contributed by atoms with E-state index in [9.17, 15) is 17.7 Å². The predicted octanol–water partition coefficient (Wildman–Crippen LogP) is -7.03. The molecular weight excluding hydrogens is 305 g/mol. The molecule has 0 aromatic carbocycles. The van der Waals surface area contributed by atoms with Crippen LogP contribution in [0.4, 0.5) is 0 Å². The maximum absolute atomic E-state index is 10.4. The van der Waals surface area contributed by atoms with E-state index in [-0.39, 0.29) is 29.6 Å². The number of hydrogen-bond acceptors (Lipinski definition) is 7. The van der Waals surface area contributed by atoms with Gasteiger partial charge in [-0.25, -0.2) is 0 Å². The number of carboxylic acid groups (broad SMARTS) is 1. The molecule has 2 N–H and O–H groups in total. The molecule has 2 atom stereocenters. The van der Waals surface area contributed by atoms with Gasteiger partial charge in [0.25, 0.3) is 0 Å². The monoisotopic (exact) mass is 308 g/mol. The second-order valence-corrected chi connectivity index (χ2v) is 2.64. The molecule has 0 rings (SSSR count). The summed E-state index contributed by atoms with van der Waals surface area (Å²) in [6.07, 6.45) is -4.61. The molecule has 0 spiro atoms. The molecule has 0 bridgehead atoms. The van der Waals surface area contributed by atoms with Crippen LogP contribution in [0, 0.1) is 0 Å². The number of hydrogen-bond donors (Lipinski definition) is 2. The molecule has 0 unspecified atom stereocenters. The van der Waals surface area contributed by atoms with Crippen molar-refractivity contribution in [1.29, 1.82) is 0 Å². The minimum absolute atomic E-state index is 0. The maximum atomic E-state index is 10.4. The Morgan fingerprint density at radius 3 is 2.08 bits per heavy atom. The molecule has 0 aliphatic carbocycles. The fourth-order valence-corrected chi connectivity index (χ4v) is 0.866. The molecule has 0 aliphatic rings. The van der Waals surface area contributed by atoms with E-state index in [1.807, 2.05) is 0 Å². The van der Waals surface area contributed by atoms with Crippen molar-refractivity contribution in [2.45, 2.75) is 12.2 Å². The zero-order valence-corrected chi connectivity index (χ0v) is 11.1. The van der Waals surface area contributed by atoms with Crippen LogP contribution in [0.15, 0.2) is 0 Å². The number of rotatable bonds is 4. The first-order chi connectivity index (χ1) is 5.50. The van der Waals surface area contributed by atoms with Crippen molar-refractivity contribution < 1.29 is 60.5 Å². The Balaban J connectivity index is 0. The van der Waals surface area contributed by atoms with Crippen molar-refractivity contribution in [2.24, 2.45) is 0 Å². The minimum atomic E-state index is -2.40. The summed E-state index contributed by atoms with van der Waals surface area (Å²) in [6, 6.07) is 0. The zero-order chi connectivity index (χ0) is 9.72. The van der Waals surface area contributed by atoms with Gasteiger partial charge in [0, 0.05) is 0 Å². The SMILES string of the molecule is [Na+].[O]=[Sb][O]C(=O)[C@H](O)[C@@H](O)C(=O)[O-]. The molecule has 9 heteroatoms. The topological polar surface area (TPSA) is 124 Å². The van der Waals surface area contributed by atoms with E-state index in [4.69, 9.17) is 10.2 Å². The van der Waals surface area contributed by atoms with Crippen molar-refractivity contribution in [3.8, 4) is 0 Å². The van der Waals surface area contributed by atoms with Crippen LogP contribution >= 0.6 is 0 Å². The van der Waals surface area contributed by atoms with Gasteiger partial charge in [0.15, 0.2) is 0 Å². The van der Waals surface area contributed by atoms with Crippen LogP contribution in [0.2, 0.25) is 0 Å². The molecule has 0 aromatic heterocycles. The molecular formula is C4H4NaO7Sb. The van der Waals surface area contributed by atoms with E-state index in [1.54, 1.807) is 0 Å². The van der Waals surface area contributed by atoms with Crippen LogP contribution in [0.5, 0.6) is 0 Å². The predicted molar refractivity (Wildman–Crippen MR) is 29.6 cm³/mol. The van der Waals surface area contributed by atoms with Crippen LogP contribution < -0.4 is 34.7 Å². The van der Waals surface area contributed by atoms with Gasteiger partial charge in [-0.3, -0.25) is 0 Å². The van der Waals surface area contributed by atoms with Crippen molar-refractivity contribution in [3.05, 3.63) is 0 Å². The Kier molecular flexibility index (Phi) is 9.61. The molecule has 0 heterocycles. The van der Waals surface area contributed by atoms with E-state index in [0.29, 0.717) is 0 Å². The number of carbonyl (C=O) groups excluding carboxylic acids is 2. The van der Waals surface area contributed by atoms with Gasteiger partial charge in [-0.2, -0.15) is 0 Å². The Bertz CT molecular complexity index is 207. The molecule has 0 radical (unpaired) electrons. The Hall–Kier alpha value is 0.478. The molecule has 0 aliphatic heterocycles. The molecule has 0 saturated carbocycles. The molecule has 0 saturated heterocycles. The van der Waals surface area contributed by atoms with Crippen molar-refractivity contribution >= 4 is 34.0 Å². The van der Waals surface area contributed by atoms with Crippen molar-refractivity contribution in [3.63, 3.8) is 0 Å². The average Bonchev–Trinajstić information content (AvgIpc) is 2.02. The fraction of sp³-hybridized carbons (Fsp3) is 0.500. The van der Waals surface area contributed by atoms with E-state index < -0.39 is 46.2 Å². The number of aliphatic hydroxyl groups excluding tert-OH is 2. The summed E-state index contributed by atoms with van der Waals surface area (Å²) in [5, 5.41) is 27.0. The third-order valence-electron chi connectivity index (χ3n) is 0.909. The van der Waals surface area contributed by atoms with Gasteiger partial charge in [0.05, 0.1) is 0 Å². The summed E-state index contributed by atoms with van der Waals surface area (Å²) in [6.45, 7) is 0. The van der Waals surface area contributed by atoms with Crippen LogP contribution in [-0.4, -0.2) is 56.4 Å². The summed E-state index contributed by atoms with van der Waals surface area (Å²) < 4.78 is 13.6. The first kappa shape index (κ1) is 15.9. The summed E-state index contributed by atoms with van der Waals surface area (Å²) in [5.74, 6) is -3.44. The molecule has 0 amide bonds. The second-order valence-electron chi connectivity index (χ2n) is 1.69. The summed E-state index contributed by atoms with van der Waals surface area (Å²) in [4.78, 5) is 20.3. The average molecular weight is 309 g/mol. The summed E-state index contributed by atoms with van der Waals surface area (Å²) in [7, 11) is 0. The molecule has 68 valence electrons. The first-order valence-electron chi connectivity index (χ1n) is 2.61. The Labute approximate surface area is 106 Å². The van der Waals surface area contributed by atoms with Crippen LogP contribution in [-0.2, 0) is 15.6 Å². The summed E-state index contributed by atoms with van der Waals surface area (Å²) >= 11 is -2.40. The fourth-order valence-electron chi connectivity index (χ4n) is 0.349. The number of carbonyl (C=O) groups is 2. The van der Waals surface area contributed by atoms with Crippen molar-refractivity contribution in [2.75, 3.05) is 0 Å². The van der Waals surface area contributed by atoms with E-state index in [0.717, 1.165) is 0 Å². The van der Waals surface area contributed by atoms with Crippen LogP contribution in [0.25, 0.3) is 0 Å². The third-order valence-corrected chi connectivity index (χ3v) is 1.64. The first-order valence-corrected chi connectivity index (χ1v) is 4.69. The van der Waals surface area contributed by atoms with Crippen molar-refractivity contribution in [1.82, 2.24) is 0 Å². The van der Waals surface area contributed by atoms with E-state index >= 15 is 0 Å². The number of aliphatic carboxylic acids is 1. The van der Waals surface area contributed by atoms with Crippen LogP contribution in [0.3, 0.4) is 0 Å². The van der Waals surface area contributed by atoms with E-state index in [2.05, 4.69) is 3.02 Å². The van der Waals surface area contributed by atoms with Gasteiger partial charge in [-0.05, 0) is 0 Å². The molecule has 13 heavy (non-hydrogen) atoms. The van der Waals surface area contributed by atoms with Gasteiger partial charge in [-0.15, -0.1) is 0 Å². The van der Waals surface area contributed by atoms with Gasteiger partial charge in [0.2, 0.25) is 0 Å². The molecule has 0 fully saturated rings. The third kappa shape index (κ3) is 5.72. The molecule has 7 nitrogen and oxygen atoms in total. The normalized spacial score (nSPS) is 13.4. The quantitative estimate of drug-likeness (QED) is 0.494. The van der Waals surface area contributed by atoms with Gasteiger partial charge in [0.1, 0.15) is 0 Å². The van der Waals surface area contributed by atoms with Gasteiger partial charge >= 0.3 is 107 Å². The van der Waals surface area contributed by atoms with Gasteiger partial charge < -0.3 is 0 Å². The van der Waals surface area contributed by atoms with Crippen LogP contribution in [0.1, 0.15) is 0 Å². The standard InChI is InChI=1S/C4H6O6.Na.O.Sb/c5-1(3(7)8)2(6)4(9)10;;;/h1-2,5-6H,(H,7,8)(H,9,10);;;/q;+1;;+1/p-2/t1-,2-;;;/m1.../s1. The molecule has 0 aromatic rings. The number of aliphatic hydroxyl groups is 2. The second kappa shape index (κ2) is 7.84. The summed E-state index contributed by atoms with van der Waals surface area (Å²) in [5.41, 5.74) is 0. The van der Waals surface area contributed by atoms with Gasteiger partial charge in [-0.1, -0.05) is 0 Å². The number of carboxylic acids is 1. The van der Waals surface area contributed by atoms with E-state index in [1.165, 1.54) is 0 Å². The Morgan fingerprint density at radius 2 is 1.77 bits per heavy atom. The zero-order valence-electron chi connectivity index (χ0n) is 6.54.